The van der Waals surface area contributed by atoms with Gasteiger partial charge >= 0.3 is 6.03 Å². The van der Waals surface area contributed by atoms with Crippen LogP contribution in [0, 0.1) is 17.6 Å². The summed E-state index contributed by atoms with van der Waals surface area (Å²) < 4.78 is 26.4. The summed E-state index contributed by atoms with van der Waals surface area (Å²) in [6.07, 6.45) is 0.134. The zero-order valence-corrected chi connectivity index (χ0v) is 9.74. The van der Waals surface area contributed by atoms with Crippen LogP contribution in [-0.2, 0) is 4.79 Å². The van der Waals surface area contributed by atoms with Gasteiger partial charge in [0.15, 0.2) is 0 Å². The summed E-state index contributed by atoms with van der Waals surface area (Å²) in [5.74, 6) is -2.21. The number of imide groups is 1. The lowest BCUT2D eigenvalue weighted by Crippen LogP contribution is -2.42. The summed E-state index contributed by atoms with van der Waals surface area (Å²) in [4.78, 5) is 24.3. The van der Waals surface area contributed by atoms with Crippen LogP contribution in [0.1, 0.15) is 13.3 Å². The second-order valence-corrected chi connectivity index (χ2v) is 4.32. The normalized spacial score (nSPS) is 20.6. The smallest absolute Gasteiger partial charge is 0.328 e. The number of benzene rings is 1. The van der Waals surface area contributed by atoms with E-state index >= 15 is 0 Å². The molecule has 0 radical (unpaired) electrons. The molecule has 1 atom stereocenters. The SMILES string of the molecule is CC1CNC(=O)N(c2ccc(F)cc2F)C(=O)C1. The van der Waals surface area contributed by atoms with Gasteiger partial charge in [-0.2, -0.15) is 0 Å². The topological polar surface area (TPSA) is 49.4 Å². The second kappa shape index (κ2) is 4.72. The predicted octanol–water partition coefficient (Wildman–Crippen LogP) is 2.05. The Hall–Kier alpha value is -1.98. The van der Waals surface area contributed by atoms with Crippen molar-refractivity contribution in [1.82, 2.24) is 5.32 Å². The summed E-state index contributed by atoms with van der Waals surface area (Å²) in [7, 11) is 0. The van der Waals surface area contributed by atoms with Gasteiger partial charge in [-0.05, 0) is 18.1 Å². The molecule has 1 heterocycles. The van der Waals surface area contributed by atoms with Gasteiger partial charge in [0.1, 0.15) is 11.6 Å². The van der Waals surface area contributed by atoms with E-state index in [1.165, 1.54) is 0 Å². The zero-order valence-electron chi connectivity index (χ0n) is 9.74. The van der Waals surface area contributed by atoms with E-state index in [0.29, 0.717) is 12.6 Å². The Bertz CT molecular complexity index is 505. The Morgan fingerprint density at radius 1 is 1.33 bits per heavy atom. The highest BCUT2D eigenvalue weighted by Gasteiger charge is 2.30. The van der Waals surface area contributed by atoms with Gasteiger partial charge in [-0.25, -0.2) is 18.5 Å². The number of carbonyl (C=O) groups is 2. The van der Waals surface area contributed by atoms with E-state index in [1.807, 2.05) is 6.92 Å². The van der Waals surface area contributed by atoms with Crippen molar-refractivity contribution in [3.63, 3.8) is 0 Å². The molecule has 1 unspecified atom stereocenters. The Morgan fingerprint density at radius 2 is 2.06 bits per heavy atom. The van der Waals surface area contributed by atoms with Crippen molar-refractivity contribution in [2.45, 2.75) is 13.3 Å². The molecule has 1 N–H and O–H groups in total. The third-order valence-corrected chi connectivity index (χ3v) is 2.73. The van der Waals surface area contributed by atoms with Crippen LogP contribution in [-0.4, -0.2) is 18.5 Å². The van der Waals surface area contributed by atoms with Crippen molar-refractivity contribution in [2.24, 2.45) is 5.92 Å². The van der Waals surface area contributed by atoms with E-state index in [9.17, 15) is 18.4 Å². The van der Waals surface area contributed by atoms with E-state index < -0.39 is 23.6 Å². The van der Waals surface area contributed by atoms with Gasteiger partial charge < -0.3 is 5.32 Å². The number of nitrogens with zero attached hydrogens (tertiary/aromatic N) is 1. The van der Waals surface area contributed by atoms with Crippen LogP contribution in [0.2, 0.25) is 0 Å². The molecule has 1 fully saturated rings. The number of hydrogen-bond donors (Lipinski definition) is 1. The zero-order chi connectivity index (χ0) is 13.3. The first-order valence-corrected chi connectivity index (χ1v) is 5.55. The fourth-order valence-corrected chi connectivity index (χ4v) is 1.82. The summed E-state index contributed by atoms with van der Waals surface area (Å²) >= 11 is 0. The highest BCUT2D eigenvalue weighted by atomic mass is 19.1. The van der Waals surface area contributed by atoms with Crippen LogP contribution in [0.4, 0.5) is 19.3 Å². The number of anilines is 1. The maximum Gasteiger partial charge on any atom is 0.328 e. The number of nitrogens with one attached hydrogen (secondary N) is 1. The van der Waals surface area contributed by atoms with Gasteiger partial charge in [0, 0.05) is 19.0 Å². The lowest BCUT2D eigenvalue weighted by molar-refractivity contribution is -0.118. The second-order valence-electron chi connectivity index (χ2n) is 4.32. The third-order valence-electron chi connectivity index (χ3n) is 2.73. The highest BCUT2D eigenvalue weighted by Crippen LogP contribution is 2.23. The van der Waals surface area contributed by atoms with Gasteiger partial charge in [-0.3, -0.25) is 4.79 Å². The first kappa shape index (κ1) is 12.5. The molecule has 6 heteroatoms. The standard InChI is InChI=1S/C12H12F2N2O2/c1-7-4-11(17)16(12(18)15-6-7)10-3-2-8(13)5-9(10)14/h2-3,5,7H,4,6H2,1H3,(H,15,18). The van der Waals surface area contributed by atoms with E-state index in [2.05, 4.69) is 5.32 Å². The molecule has 0 aliphatic carbocycles. The minimum absolute atomic E-state index is 0.0186. The predicted molar refractivity (Wildman–Crippen MR) is 61.0 cm³/mol. The van der Waals surface area contributed by atoms with E-state index in [0.717, 1.165) is 17.0 Å². The molecule has 4 nitrogen and oxygen atoms in total. The molecule has 1 saturated heterocycles. The van der Waals surface area contributed by atoms with Crippen LogP contribution in [0.3, 0.4) is 0 Å². The number of carbonyl (C=O) groups excluding carboxylic acids is 2. The maximum absolute atomic E-state index is 13.6. The van der Waals surface area contributed by atoms with Gasteiger partial charge in [0.2, 0.25) is 5.91 Å². The molecule has 1 aromatic carbocycles. The van der Waals surface area contributed by atoms with Crippen molar-refractivity contribution >= 4 is 17.6 Å². The summed E-state index contributed by atoms with van der Waals surface area (Å²) in [5, 5.41) is 2.52. The van der Waals surface area contributed by atoms with Crippen LogP contribution in [0.5, 0.6) is 0 Å². The van der Waals surface area contributed by atoms with Gasteiger partial charge in [0.05, 0.1) is 5.69 Å². The summed E-state index contributed by atoms with van der Waals surface area (Å²) in [6, 6.07) is 2.05. The first-order chi connectivity index (χ1) is 8.49. The Labute approximate surface area is 103 Å². The average Bonchev–Trinajstić information content (AvgIpc) is 2.40. The molecule has 3 amide bonds. The van der Waals surface area contributed by atoms with Gasteiger partial charge in [-0.15, -0.1) is 0 Å². The largest absolute Gasteiger partial charge is 0.337 e. The van der Waals surface area contributed by atoms with E-state index in [-0.39, 0.29) is 18.0 Å². The van der Waals surface area contributed by atoms with Gasteiger partial charge in [0.25, 0.3) is 0 Å². The minimum Gasteiger partial charge on any atom is -0.337 e. The molecule has 0 spiro atoms. The Morgan fingerprint density at radius 3 is 2.72 bits per heavy atom. The van der Waals surface area contributed by atoms with Crippen LogP contribution in [0.25, 0.3) is 0 Å². The number of halogens is 2. The lowest BCUT2D eigenvalue weighted by atomic mass is 10.1. The number of hydrogen-bond acceptors (Lipinski definition) is 2. The first-order valence-electron chi connectivity index (χ1n) is 5.55. The number of urea groups is 1. The molecule has 0 aromatic heterocycles. The molecule has 1 aliphatic heterocycles. The van der Waals surface area contributed by atoms with Crippen LogP contribution in [0.15, 0.2) is 18.2 Å². The van der Waals surface area contributed by atoms with Crippen molar-refractivity contribution in [1.29, 1.82) is 0 Å². The Kier molecular flexibility index (Phi) is 3.27. The van der Waals surface area contributed by atoms with Crippen LogP contribution < -0.4 is 10.2 Å². The maximum atomic E-state index is 13.6. The molecule has 2 rings (SSSR count). The van der Waals surface area contributed by atoms with Crippen molar-refractivity contribution < 1.29 is 18.4 Å². The summed E-state index contributed by atoms with van der Waals surface area (Å²) in [6.45, 7) is 2.16. The van der Waals surface area contributed by atoms with Gasteiger partial charge in [-0.1, -0.05) is 6.92 Å². The number of amides is 3. The summed E-state index contributed by atoms with van der Waals surface area (Å²) in [5.41, 5.74) is -0.229. The molecule has 18 heavy (non-hydrogen) atoms. The van der Waals surface area contributed by atoms with Crippen molar-refractivity contribution in [3.05, 3.63) is 29.8 Å². The molecule has 1 aliphatic rings. The minimum atomic E-state index is -0.937. The van der Waals surface area contributed by atoms with Crippen molar-refractivity contribution in [3.8, 4) is 0 Å². The van der Waals surface area contributed by atoms with E-state index in [1.54, 1.807) is 0 Å². The molecule has 1 aromatic rings. The number of rotatable bonds is 1. The third kappa shape index (κ3) is 2.32. The molecular formula is C12H12F2N2O2. The quantitative estimate of drug-likeness (QED) is 0.833. The highest BCUT2D eigenvalue weighted by molar-refractivity contribution is 6.14. The monoisotopic (exact) mass is 254 g/mol. The molecule has 96 valence electrons. The van der Waals surface area contributed by atoms with Crippen molar-refractivity contribution in [2.75, 3.05) is 11.4 Å². The van der Waals surface area contributed by atoms with Crippen LogP contribution >= 0.6 is 0 Å². The molecular weight excluding hydrogens is 242 g/mol. The Balaban J connectivity index is 2.40. The fraction of sp³-hybridized carbons (Fsp3) is 0.333. The molecule has 0 saturated carbocycles. The van der Waals surface area contributed by atoms with E-state index in [4.69, 9.17) is 0 Å². The lowest BCUT2D eigenvalue weighted by Gasteiger charge is -2.18. The molecule has 0 bridgehead atoms. The average molecular weight is 254 g/mol. The fourth-order valence-electron chi connectivity index (χ4n) is 1.82.